The number of ketones is 1. The van der Waals surface area contributed by atoms with Crippen LogP contribution in [0.3, 0.4) is 0 Å². The number of halogens is 1. The van der Waals surface area contributed by atoms with E-state index in [1.54, 1.807) is 0 Å². The van der Waals surface area contributed by atoms with Crippen molar-refractivity contribution < 1.29 is 14.3 Å². The maximum absolute atomic E-state index is 12.2. The third kappa shape index (κ3) is 5.48. The number of hydrogen-bond donors (Lipinski definition) is 0. The molecule has 0 radical (unpaired) electrons. The molecule has 0 aromatic heterocycles. The van der Waals surface area contributed by atoms with Crippen molar-refractivity contribution in [1.29, 1.82) is 0 Å². The topological polar surface area (TPSA) is 38.8 Å². The first-order chi connectivity index (χ1) is 11.9. The van der Waals surface area contributed by atoms with Crippen LogP contribution in [-0.4, -0.2) is 43.5 Å². The fourth-order valence-electron chi connectivity index (χ4n) is 2.75. The molecule has 1 saturated heterocycles. The first-order valence-electron chi connectivity index (χ1n) is 8.99. The number of likely N-dealkylation sites (tertiary alicyclic amines) is 1. The Balaban J connectivity index is 2.31. The third-order valence-corrected chi connectivity index (χ3v) is 4.37. The summed E-state index contributed by atoms with van der Waals surface area (Å²) >= 11 is 6.43. The van der Waals surface area contributed by atoms with Gasteiger partial charge in [0.05, 0.1) is 18.2 Å². The van der Waals surface area contributed by atoms with Gasteiger partial charge in [-0.3, -0.25) is 9.69 Å². The second-order valence-corrected chi connectivity index (χ2v) is 7.09. The first-order valence-corrected chi connectivity index (χ1v) is 9.37. The molecule has 0 saturated carbocycles. The van der Waals surface area contributed by atoms with Crippen LogP contribution in [0.1, 0.15) is 39.7 Å². The van der Waals surface area contributed by atoms with Crippen LogP contribution in [0.15, 0.2) is 17.7 Å². The summed E-state index contributed by atoms with van der Waals surface area (Å²) in [7, 11) is 0. The molecule has 25 heavy (non-hydrogen) atoms. The van der Waals surface area contributed by atoms with E-state index in [0.717, 1.165) is 24.2 Å². The van der Waals surface area contributed by atoms with Crippen molar-refractivity contribution in [3.05, 3.63) is 28.3 Å². The van der Waals surface area contributed by atoms with E-state index in [-0.39, 0.29) is 5.78 Å². The van der Waals surface area contributed by atoms with Gasteiger partial charge in [0.25, 0.3) is 0 Å². The van der Waals surface area contributed by atoms with Crippen LogP contribution in [0, 0.1) is 5.92 Å². The third-order valence-electron chi connectivity index (χ3n) is 4.09. The Labute approximate surface area is 155 Å². The number of rotatable bonds is 7. The summed E-state index contributed by atoms with van der Waals surface area (Å²) in [5.74, 6) is 1.80. The maximum Gasteiger partial charge on any atom is 0.179 e. The number of carbonyl (C=O) groups excluding carboxylic acids is 1. The van der Waals surface area contributed by atoms with E-state index in [2.05, 4.69) is 25.7 Å². The lowest BCUT2D eigenvalue weighted by Gasteiger charge is -2.26. The molecule has 1 aliphatic heterocycles. The predicted octanol–water partition coefficient (Wildman–Crippen LogP) is 4.45. The van der Waals surface area contributed by atoms with Crippen LogP contribution in [0.25, 0.3) is 6.08 Å². The van der Waals surface area contributed by atoms with E-state index in [4.69, 9.17) is 21.1 Å². The quantitative estimate of drug-likeness (QED) is 0.669. The lowest BCUT2D eigenvalue weighted by atomic mass is 10.00. The van der Waals surface area contributed by atoms with E-state index in [1.807, 2.05) is 25.1 Å². The van der Waals surface area contributed by atoms with E-state index >= 15 is 0 Å². The maximum atomic E-state index is 12.2. The van der Waals surface area contributed by atoms with E-state index < -0.39 is 0 Å². The van der Waals surface area contributed by atoms with Gasteiger partial charge in [0, 0.05) is 25.1 Å². The van der Waals surface area contributed by atoms with E-state index in [0.29, 0.717) is 48.6 Å². The Kier molecular flexibility index (Phi) is 7.33. The van der Waals surface area contributed by atoms with Gasteiger partial charge in [0.15, 0.2) is 17.3 Å². The molecule has 2 rings (SSSR count). The molecule has 1 aliphatic rings. The molecule has 1 aromatic rings. The largest absolute Gasteiger partial charge is 0.490 e. The number of likely N-dealkylation sites (N-methyl/N-ethyl adjacent to an activating group) is 1. The number of carbonyl (C=O) groups is 1. The summed E-state index contributed by atoms with van der Waals surface area (Å²) in [5.41, 5.74) is 1.69. The molecule has 0 N–H and O–H groups in total. The molecule has 5 heteroatoms. The van der Waals surface area contributed by atoms with Crippen molar-refractivity contribution in [2.45, 2.75) is 34.1 Å². The Bertz CT molecular complexity index is 640. The highest BCUT2D eigenvalue weighted by atomic mass is 35.5. The summed E-state index contributed by atoms with van der Waals surface area (Å²) in [5, 5.41) is 0.508. The van der Waals surface area contributed by atoms with Gasteiger partial charge >= 0.3 is 0 Å². The SMILES string of the molecule is CCOc1cc(/C=C2\CN(CC)CCC2=O)cc(Cl)c1OCC(C)C. The molecule has 0 bridgehead atoms. The summed E-state index contributed by atoms with van der Waals surface area (Å²) in [6.07, 6.45) is 2.49. The fraction of sp³-hybridized carbons (Fsp3) is 0.550. The van der Waals surface area contributed by atoms with Crippen LogP contribution >= 0.6 is 11.6 Å². The number of nitrogens with zero attached hydrogens (tertiary/aromatic N) is 1. The highest BCUT2D eigenvalue weighted by Crippen LogP contribution is 2.37. The van der Waals surface area contributed by atoms with Gasteiger partial charge in [-0.25, -0.2) is 0 Å². The average molecular weight is 366 g/mol. The standard InChI is InChI=1S/C20H28ClNO3/c1-5-22-8-7-18(23)16(12-22)9-15-10-17(21)20(25-13-14(3)4)19(11-15)24-6-2/h9-11,14H,5-8,12-13H2,1-4H3/b16-9+. The second kappa shape index (κ2) is 9.25. The number of ether oxygens (including phenoxy) is 2. The second-order valence-electron chi connectivity index (χ2n) is 6.68. The average Bonchev–Trinajstić information content (AvgIpc) is 2.56. The molecule has 0 amide bonds. The Morgan fingerprint density at radius 3 is 2.68 bits per heavy atom. The molecular weight excluding hydrogens is 338 g/mol. The van der Waals surface area contributed by atoms with Gasteiger partial charge in [-0.15, -0.1) is 0 Å². The van der Waals surface area contributed by atoms with Crippen LogP contribution in [0.4, 0.5) is 0 Å². The van der Waals surface area contributed by atoms with Crippen molar-refractivity contribution in [3.63, 3.8) is 0 Å². The van der Waals surface area contributed by atoms with E-state index in [1.165, 1.54) is 0 Å². The van der Waals surface area contributed by atoms with Gasteiger partial charge in [-0.2, -0.15) is 0 Å². The zero-order chi connectivity index (χ0) is 18.4. The molecule has 0 unspecified atom stereocenters. The van der Waals surface area contributed by atoms with Gasteiger partial charge in [0.1, 0.15) is 0 Å². The summed E-state index contributed by atoms with van der Waals surface area (Å²) in [6.45, 7) is 11.8. The molecule has 0 atom stereocenters. The Hall–Kier alpha value is -1.52. The lowest BCUT2D eigenvalue weighted by molar-refractivity contribution is -0.117. The molecule has 1 heterocycles. The molecule has 1 aromatic carbocycles. The zero-order valence-electron chi connectivity index (χ0n) is 15.6. The van der Waals surface area contributed by atoms with Crippen LogP contribution in [0.5, 0.6) is 11.5 Å². The highest BCUT2D eigenvalue weighted by molar-refractivity contribution is 6.32. The number of benzene rings is 1. The Morgan fingerprint density at radius 1 is 1.28 bits per heavy atom. The summed E-state index contributed by atoms with van der Waals surface area (Å²) in [4.78, 5) is 14.5. The minimum atomic E-state index is 0.207. The van der Waals surface area contributed by atoms with E-state index in [9.17, 15) is 4.79 Å². The van der Waals surface area contributed by atoms with Crippen molar-refractivity contribution in [2.75, 3.05) is 32.8 Å². The fourth-order valence-corrected chi connectivity index (χ4v) is 3.02. The van der Waals surface area contributed by atoms with Crippen molar-refractivity contribution in [3.8, 4) is 11.5 Å². The highest BCUT2D eigenvalue weighted by Gasteiger charge is 2.21. The first kappa shape index (κ1) is 19.8. The summed E-state index contributed by atoms with van der Waals surface area (Å²) in [6, 6.07) is 3.74. The predicted molar refractivity (Wildman–Crippen MR) is 103 cm³/mol. The van der Waals surface area contributed by atoms with Crippen LogP contribution < -0.4 is 9.47 Å². The van der Waals surface area contributed by atoms with Crippen molar-refractivity contribution in [1.82, 2.24) is 4.90 Å². The molecule has 0 spiro atoms. The molecule has 138 valence electrons. The van der Waals surface area contributed by atoms with Gasteiger partial charge < -0.3 is 9.47 Å². The molecular formula is C20H28ClNO3. The van der Waals surface area contributed by atoms with Crippen LogP contribution in [-0.2, 0) is 4.79 Å². The monoisotopic (exact) mass is 365 g/mol. The van der Waals surface area contributed by atoms with Gasteiger partial charge in [-0.05, 0) is 43.2 Å². The Morgan fingerprint density at radius 2 is 2.04 bits per heavy atom. The minimum absolute atomic E-state index is 0.207. The number of piperidine rings is 1. The summed E-state index contributed by atoms with van der Waals surface area (Å²) < 4.78 is 11.5. The van der Waals surface area contributed by atoms with Crippen molar-refractivity contribution in [2.24, 2.45) is 5.92 Å². The zero-order valence-corrected chi connectivity index (χ0v) is 16.4. The number of Topliss-reactive ketones (excluding diaryl/α,β-unsaturated/α-hetero) is 1. The van der Waals surface area contributed by atoms with Crippen LogP contribution in [0.2, 0.25) is 5.02 Å². The molecule has 0 aliphatic carbocycles. The molecule has 1 fully saturated rings. The van der Waals surface area contributed by atoms with Gasteiger partial charge in [-0.1, -0.05) is 32.4 Å². The smallest absolute Gasteiger partial charge is 0.179 e. The minimum Gasteiger partial charge on any atom is -0.490 e. The number of hydrogen-bond acceptors (Lipinski definition) is 4. The normalized spacial score (nSPS) is 17.4. The molecule has 4 nitrogen and oxygen atoms in total. The van der Waals surface area contributed by atoms with Crippen molar-refractivity contribution >= 4 is 23.5 Å². The van der Waals surface area contributed by atoms with Gasteiger partial charge in [0.2, 0.25) is 0 Å². The lowest BCUT2D eigenvalue weighted by Crippen LogP contribution is -2.35.